The molecule has 0 radical (unpaired) electrons. The zero-order valence-corrected chi connectivity index (χ0v) is 20.1. The Hall–Kier alpha value is -2.60. The molecule has 1 amide bonds. The third kappa shape index (κ3) is 4.72. The van der Waals surface area contributed by atoms with Gasteiger partial charge in [-0.05, 0) is 50.1 Å². The van der Waals surface area contributed by atoms with E-state index in [1.54, 1.807) is 6.07 Å². The van der Waals surface area contributed by atoms with Gasteiger partial charge in [-0.25, -0.2) is 8.42 Å². The van der Waals surface area contributed by atoms with E-state index >= 15 is 0 Å². The average Bonchev–Trinajstić information content (AvgIpc) is 3.15. The number of aromatic nitrogens is 1. The summed E-state index contributed by atoms with van der Waals surface area (Å²) in [5.74, 6) is -0.687. The molecule has 1 saturated heterocycles. The van der Waals surface area contributed by atoms with Crippen molar-refractivity contribution in [3.63, 3.8) is 0 Å². The minimum Gasteiger partial charge on any atom is -0.317 e. The van der Waals surface area contributed by atoms with Gasteiger partial charge in [0.2, 0.25) is 10.0 Å². The number of rotatable bonds is 5. The van der Waals surface area contributed by atoms with Crippen LogP contribution >= 0.6 is 22.9 Å². The van der Waals surface area contributed by atoms with Crippen molar-refractivity contribution in [2.75, 3.05) is 13.1 Å². The van der Waals surface area contributed by atoms with Gasteiger partial charge >= 0.3 is 0 Å². The van der Waals surface area contributed by atoms with Gasteiger partial charge in [0.15, 0.2) is 4.80 Å². The standard InChI is InChI=1S/C21H21ClN4O5S2/c1-2-25-18-8-5-16(26(28)29)13-19(18)32-21(25)23-20(27)14-9-11-24(12-10-14)33(30,31)17-6-3-15(22)4-7-17/h3-8,13-14H,2,9-12H2,1H3. The number of halogens is 1. The quantitative estimate of drug-likeness (QED) is 0.384. The van der Waals surface area contributed by atoms with Crippen molar-refractivity contribution in [1.29, 1.82) is 0 Å². The van der Waals surface area contributed by atoms with Crippen LogP contribution in [-0.2, 0) is 21.4 Å². The minimum absolute atomic E-state index is 0.0147. The summed E-state index contributed by atoms with van der Waals surface area (Å²) in [5.41, 5.74) is 0.766. The van der Waals surface area contributed by atoms with Crippen molar-refractivity contribution in [3.05, 3.63) is 62.4 Å². The lowest BCUT2D eigenvalue weighted by Crippen LogP contribution is -2.40. The number of hydrogen-bond acceptors (Lipinski definition) is 6. The van der Waals surface area contributed by atoms with E-state index in [1.807, 2.05) is 11.5 Å². The summed E-state index contributed by atoms with van der Waals surface area (Å²) in [5, 5.41) is 11.5. The normalized spacial score (nSPS) is 16.4. The molecule has 174 valence electrons. The Morgan fingerprint density at radius 1 is 1.21 bits per heavy atom. The van der Waals surface area contributed by atoms with Crippen LogP contribution in [-0.4, -0.2) is 41.2 Å². The van der Waals surface area contributed by atoms with Crippen molar-refractivity contribution in [3.8, 4) is 0 Å². The zero-order valence-electron chi connectivity index (χ0n) is 17.7. The number of nitrogens with zero attached hydrogens (tertiary/aromatic N) is 4. The van der Waals surface area contributed by atoms with Gasteiger partial charge in [-0.2, -0.15) is 9.30 Å². The predicted octanol–water partition coefficient (Wildman–Crippen LogP) is 3.81. The molecule has 2 aromatic carbocycles. The van der Waals surface area contributed by atoms with Crippen LogP contribution in [0.4, 0.5) is 5.69 Å². The van der Waals surface area contributed by atoms with Gasteiger partial charge in [-0.1, -0.05) is 22.9 Å². The smallest absolute Gasteiger partial charge is 0.270 e. The molecule has 0 atom stereocenters. The molecule has 0 unspecified atom stereocenters. The van der Waals surface area contributed by atoms with E-state index in [4.69, 9.17) is 11.6 Å². The fraction of sp³-hybridized carbons (Fsp3) is 0.333. The summed E-state index contributed by atoms with van der Waals surface area (Å²) >= 11 is 7.08. The van der Waals surface area contributed by atoms with E-state index in [9.17, 15) is 23.3 Å². The number of thiazole rings is 1. The minimum atomic E-state index is -3.65. The molecular formula is C21H21ClN4O5S2. The highest BCUT2D eigenvalue weighted by molar-refractivity contribution is 7.89. The summed E-state index contributed by atoms with van der Waals surface area (Å²) in [4.78, 5) is 28.5. The van der Waals surface area contributed by atoms with Crippen molar-refractivity contribution >= 4 is 54.8 Å². The van der Waals surface area contributed by atoms with Gasteiger partial charge in [0.25, 0.3) is 11.6 Å². The van der Waals surface area contributed by atoms with Gasteiger partial charge in [0, 0.05) is 42.7 Å². The number of carbonyl (C=O) groups excluding carboxylic acids is 1. The molecule has 0 aliphatic carbocycles. The molecule has 1 fully saturated rings. The second kappa shape index (κ2) is 9.34. The molecule has 0 N–H and O–H groups in total. The van der Waals surface area contributed by atoms with E-state index in [0.717, 1.165) is 5.52 Å². The number of nitro benzene ring substituents is 1. The topological polar surface area (TPSA) is 115 Å². The number of nitro groups is 1. The maximum atomic E-state index is 12.9. The first-order valence-corrected chi connectivity index (χ1v) is 13.0. The van der Waals surface area contributed by atoms with Crippen LogP contribution < -0.4 is 4.80 Å². The molecule has 33 heavy (non-hydrogen) atoms. The van der Waals surface area contributed by atoms with Crippen LogP contribution in [0.2, 0.25) is 5.02 Å². The Labute approximate surface area is 199 Å². The zero-order chi connectivity index (χ0) is 23.8. The maximum Gasteiger partial charge on any atom is 0.270 e. The van der Waals surface area contributed by atoms with Gasteiger partial charge in [0.05, 0.1) is 20.0 Å². The molecule has 1 aliphatic heterocycles. The number of non-ortho nitro benzene ring substituents is 1. The van der Waals surface area contributed by atoms with Crippen molar-refractivity contribution in [2.45, 2.75) is 31.2 Å². The van der Waals surface area contributed by atoms with Gasteiger partial charge < -0.3 is 4.57 Å². The van der Waals surface area contributed by atoms with Crippen LogP contribution in [0, 0.1) is 16.0 Å². The highest BCUT2D eigenvalue weighted by Gasteiger charge is 2.32. The molecule has 4 rings (SSSR count). The first kappa shape index (κ1) is 23.6. The molecule has 0 spiro atoms. The Bertz CT molecular complexity index is 1390. The summed E-state index contributed by atoms with van der Waals surface area (Å²) in [6.45, 7) is 2.92. The summed E-state index contributed by atoms with van der Waals surface area (Å²) < 4.78 is 29.6. The number of fused-ring (bicyclic) bond motifs is 1. The summed E-state index contributed by atoms with van der Waals surface area (Å²) in [6.07, 6.45) is 0.745. The number of amides is 1. The number of benzene rings is 2. The SMILES string of the molecule is CCn1c(=NC(=O)C2CCN(S(=O)(=O)c3ccc(Cl)cc3)CC2)sc2cc([N+](=O)[O-])ccc21. The molecule has 9 nitrogen and oxygen atoms in total. The molecule has 1 aliphatic rings. The Morgan fingerprint density at radius 2 is 1.88 bits per heavy atom. The average molecular weight is 509 g/mol. The van der Waals surface area contributed by atoms with Crippen molar-refractivity contribution < 1.29 is 18.1 Å². The lowest BCUT2D eigenvalue weighted by Gasteiger charge is -2.29. The predicted molar refractivity (Wildman–Crippen MR) is 126 cm³/mol. The third-order valence-corrected chi connectivity index (χ3v) is 8.86. The molecule has 1 aromatic heterocycles. The lowest BCUT2D eigenvalue weighted by molar-refractivity contribution is -0.384. The van der Waals surface area contributed by atoms with Crippen LogP contribution in [0.3, 0.4) is 0 Å². The number of hydrogen-bond donors (Lipinski definition) is 0. The van der Waals surface area contributed by atoms with E-state index in [-0.39, 0.29) is 35.5 Å². The maximum absolute atomic E-state index is 12.9. The summed E-state index contributed by atoms with van der Waals surface area (Å²) in [6, 6.07) is 10.6. The van der Waals surface area contributed by atoms with Crippen molar-refractivity contribution in [1.82, 2.24) is 8.87 Å². The Morgan fingerprint density at radius 3 is 2.48 bits per heavy atom. The van der Waals surface area contributed by atoms with Gasteiger partial charge in [-0.15, -0.1) is 0 Å². The second-order valence-corrected chi connectivity index (χ2v) is 11.0. The van der Waals surface area contributed by atoms with E-state index in [1.165, 1.54) is 52.0 Å². The number of carbonyl (C=O) groups is 1. The van der Waals surface area contributed by atoms with Gasteiger partial charge in [0.1, 0.15) is 0 Å². The Kier molecular flexibility index (Phi) is 6.66. The van der Waals surface area contributed by atoms with Crippen LogP contribution in [0.15, 0.2) is 52.4 Å². The lowest BCUT2D eigenvalue weighted by atomic mass is 9.98. The fourth-order valence-corrected chi connectivity index (χ4v) is 6.58. The second-order valence-electron chi connectivity index (χ2n) is 7.62. The molecule has 0 bridgehead atoms. The highest BCUT2D eigenvalue weighted by atomic mass is 35.5. The third-order valence-electron chi connectivity index (χ3n) is 5.65. The molecule has 0 saturated carbocycles. The summed E-state index contributed by atoms with van der Waals surface area (Å²) in [7, 11) is -3.65. The van der Waals surface area contributed by atoms with Crippen molar-refractivity contribution in [2.24, 2.45) is 10.9 Å². The van der Waals surface area contributed by atoms with Gasteiger partial charge in [-0.3, -0.25) is 14.9 Å². The fourth-order valence-electron chi connectivity index (χ4n) is 3.85. The largest absolute Gasteiger partial charge is 0.317 e. The van der Waals surface area contributed by atoms with E-state index in [2.05, 4.69) is 4.99 Å². The monoisotopic (exact) mass is 508 g/mol. The number of aryl methyl sites for hydroxylation is 1. The molecule has 3 aromatic rings. The first-order chi connectivity index (χ1) is 15.7. The first-order valence-electron chi connectivity index (χ1n) is 10.3. The number of sulfonamides is 1. The van der Waals surface area contributed by atoms with E-state index < -0.39 is 14.9 Å². The number of piperidine rings is 1. The molecule has 2 heterocycles. The van der Waals surface area contributed by atoms with Crippen LogP contribution in [0.1, 0.15) is 19.8 Å². The Balaban J connectivity index is 1.53. The van der Waals surface area contributed by atoms with Crippen LogP contribution in [0.5, 0.6) is 0 Å². The highest BCUT2D eigenvalue weighted by Crippen LogP contribution is 2.26. The van der Waals surface area contributed by atoms with Crippen LogP contribution in [0.25, 0.3) is 10.2 Å². The van der Waals surface area contributed by atoms with E-state index in [0.29, 0.717) is 33.9 Å². The molecular weight excluding hydrogens is 488 g/mol. The molecule has 12 heteroatoms.